The van der Waals surface area contributed by atoms with Gasteiger partial charge in [0.2, 0.25) is 0 Å². The van der Waals surface area contributed by atoms with E-state index >= 15 is 0 Å². The summed E-state index contributed by atoms with van der Waals surface area (Å²) in [4.78, 5) is 2.62. The maximum absolute atomic E-state index is 5.83. The van der Waals surface area contributed by atoms with Crippen LogP contribution in [0.5, 0.6) is 0 Å². The van der Waals surface area contributed by atoms with Crippen LogP contribution in [0, 0.1) is 5.41 Å². The number of hydrogen-bond acceptors (Lipinski definition) is 2. The van der Waals surface area contributed by atoms with Gasteiger partial charge in [-0.05, 0) is 32.1 Å². The van der Waals surface area contributed by atoms with Crippen LogP contribution < -0.4 is 0 Å². The van der Waals surface area contributed by atoms with Crippen molar-refractivity contribution in [2.45, 2.75) is 65.6 Å². The number of nitrogens with zero attached hydrogens (tertiary/aromatic N) is 1. The van der Waals surface area contributed by atoms with Gasteiger partial charge < -0.3 is 4.74 Å². The molecule has 108 valence electrons. The van der Waals surface area contributed by atoms with Gasteiger partial charge in [-0.25, -0.2) is 0 Å². The lowest BCUT2D eigenvalue weighted by atomic mass is 9.80. The largest absolute Gasteiger partial charge is 0.373 e. The first kappa shape index (κ1) is 16.5. The molecule has 1 saturated heterocycles. The average molecular weight is 320 g/mol. The summed E-state index contributed by atoms with van der Waals surface area (Å²) < 4.78 is 5.83. The first-order valence-corrected chi connectivity index (χ1v) is 8.61. The predicted octanol–water partition coefficient (Wildman–Crippen LogP) is 4.08. The maximum Gasteiger partial charge on any atom is 0.0678 e. The van der Waals surface area contributed by atoms with Gasteiger partial charge in [-0.3, -0.25) is 4.90 Å². The second kappa shape index (κ2) is 7.86. The van der Waals surface area contributed by atoms with Crippen LogP contribution in [-0.2, 0) is 4.74 Å². The minimum absolute atomic E-state index is 0.380. The van der Waals surface area contributed by atoms with Crippen molar-refractivity contribution in [2.24, 2.45) is 5.41 Å². The van der Waals surface area contributed by atoms with Gasteiger partial charge in [-0.2, -0.15) is 0 Å². The molecular formula is C15H30BrNO. The highest BCUT2D eigenvalue weighted by Gasteiger charge is 2.32. The van der Waals surface area contributed by atoms with Crippen LogP contribution in [0.4, 0.5) is 0 Å². The molecule has 18 heavy (non-hydrogen) atoms. The summed E-state index contributed by atoms with van der Waals surface area (Å²) in [6, 6.07) is 0. The summed E-state index contributed by atoms with van der Waals surface area (Å²) in [7, 11) is 0. The molecule has 0 aliphatic carbocycles. The lowest BCUT2D eigenvalue weighted by Crippen LogP contribution is -2.50. The fourth-order valence-electron chi connectivity index (χ4n) is 3.41. The molecule has 0 aromatic rings. The molecule has 0 bridgehead atoms. The number of alkyl halides is 1. The van der Waals surface area contributed by atoms with Crippen molar-refractivity contribution in [1.82, 2.24) is 4.90 Å². The van der Waals surface area contributed by atoms with Crippen LogP contribution in [0.1, 0.15) is 53.4 Å². The van der Waals surface area contributed by atoms with Gasteiger partial charge >= 0.3 is 0 Å². The second-order valence-corrected chi connectivity index (χ2v) is 6.65. The smallest absolute Gasteiger partial charge is 0.0678 e. The molecule has 1 aliphatic heterocycles. The Morgan fingerprint density at radius 3 is 2.00 bits per heavy atom. The number of ether oxygens (including phenoxy) is 1. The topological polar surface area (TPSA) is 12.5 Å². The third-order valence-corrected chi connectivity index (χ3v) is 5.09. The van der Waals surface area contributed by atoms with Gasteiger partial charge in [-0.15, -0.1) is 0 Å². The third-order valence-electron chi connectivity index (χ3n) is 3.90. The summed E-state index contributed by atoms with van der Waals surface area (Å²) in [6.45, 7) is 12.4. The normalized spacial score (nSPS) is 26.5. The monoisotopic (exact) mass is 319 g/mol. The minimum atomic E-state index is 0.380. The molecule has 2 nitrogen and oxygen atoms in total. The van der Waals surface area contributed by atoms with Crippen LogP contribution in [0.3, 0.4) is 0 Å². The summed E-state index contributed by atoms with van der Waals surface area (Å²) >= 11 is 3.77. The first-order valence-electron chi connectivity index (χ1n) is 7.49. The number of hydrogen-bond donors (Lipinski definition) is 0. The average Bonchev–Trinajstić information content (AvgIpc) is 2.28. The highest BCUT2D eigenvalue weighted by atomic mass is 79.9. The van der Waals surface area contributed by atoms with Gasteiger partial charge in [-0.1, -0.05) is 42.6 Å². The fourth-order valence-corrected chi connectivity index (χ4v) is 4.15. The van der Waals surface area contributed by atoms with Crippen LogP contribution in [-0.4, -0.2) is 42.1 Å². The Kier molecular flexibility index (Phi) is 7.19. The lowest BCUT2D eigenvalue weighted by Gasteiger charge is -2.42. The van der Waals surface area contributed by atoms with Crippen LogP contribution in [0.25, 0.3) is 0 Å². The van der Waals surface area contributed by atoms with Crippen molar-refractivity contribution in [3.63, 3.8) is 0 Å². The molecule has 0 unspecified atom stereocenters. The van der Waals surface area contributed by atoms with Crippen molar-refractivity contribution < 1.29 is 4.74 Å². The van der Waals surface area contributed by atoms with E-state index in [4.69, 9.17) is 4.74 Å². The Labute approximate surface area is 122 Å². The quantitative estimate of drug-likeness (QED) is 0.656. The Balaban J connectivity index is 2.63. The van der Waals surface area contributed by atoms with Gasteiger partial charge in [0.05, 0.1) is 12.2 Å². The van der Waals surface area contributed by atoms with E-state index < -0.39 is 0 Å². The molecule has 0 N–H and O–H groups in total. The molecular weight excluding hydrogens is 290 g/mol. The highest BCUT2D eigenvalue weighted by molar-refractivity contribution is 9.09. The van der Waals surface area contributed by atoms with Gasteiger partial charge in [0, 0.05) is 25.0 Å². The van der Waals surface area contributed by atoms with E-state index in [0.29, 0.717) is 17.6 Å². The molecule has 1 rings (SSSR count). The van der Waals surface area contributed by atoms with Crippen LogP contribution >= 0.6 is 15.9 Å². The van der Waals surface area contributed by atoms with E-state index in [9.17, 15) is 0 Å². The highest BCUT2D eigenvalue weighted by Crippen LogP contribution is 2.34. The summed E-state index contributed by atoms with van der Waals surface area (Å²) in [6.07, 6.45) is 5.97. The molecule has 0 radical (unpaired) electrons. The number of halogens is 1. The van der Waals surface area contributed by atoms with Crippen molar-refractivity contribution >= 4 is 15.9 Å². The summed E-state index contributed by atoms with van der Waals surface area (Å²) in [5.74, 6) is 0. The number of morpholine rings is 1. The van der Waals surface area contributed by atoms with E-state index in [-0.39, 0.29) is 0 Å². The summed E-state index contributed by atoms with van der Waals surface area (Å²) in [5, 5.41) is 1.13. The van der Waals surface area contributed by atoms with Crippen molar-refractivity contribution in [1.29, 1.82) is 0 Å². The van der Waals surface area contributed by atoms with Gasteiger partial charge in [0.15, 0.2) is 0 Å². The van der Waals surface area contributed by atoms with Gasteiger partial charge in [0.1, 0.15) is 0 Å². The third kappa shape index (κ3) is 4.82. The Morgan fingerprint density at radius 2 is 1.61 bits per heavy atom. The SMILES string of the molecule is CCCC(CBr)(CCC)CN1C[C@@H](C)O[C@@H](C)C1. The molecule has 0 aromatic carbocycles. The number of rotatable bonds is 7. The first-order chi connectivity index (χ1) is 8.55. The van der Waals surface area contributed by atoms with Gasteiger partial charge in [0.25, 0.3) is 0 Å². The molecule has 0 spiro atoms. The molecule has 0 saturated carbocycles. The zero-order chi connectivity index (χ0) is 13.6. The van der Waals surface area contributed by atoms with Crippen molar-refractivity contribution in [2.75, 3.05) is 25.0 Å². The molecule has 1 heterocycles. The van der Waals surface area contributed by atoms with Crippen LogP contribution in [0.15, 0.2) is 0 Å². The lowest BCUT2D eigenvalue weighted by molar-refractivity contribution is -0.0774. The van der Waals surface area contributed by atoms with Crippen molar-refractivity contribution in [3.05, 3.63) is 0 Å². The molecule has 1 fully saturated rings. The Morgan fingerprint density at radius 1 is 1.11 bits per heavy atom. The van der Waals surface area contributed by atoms with Crippen molar-refractivity contribution in [3.8, 4) is 0 Å². The molecule has 2 atom stereocenters. The zero-order valence-electron chi connectivity index (χ0n) is 12.5. The van der Waals surface area contributed by atoms with E-state index in [1.807, 2.05) is 0 Å². The molecule has 0 amide bonds. The molecule has 3 heteroatoms. The zero-order valence-corrected chi connectivity index (χ0v) is 14.1. The molecule has 1 aliphatic rings. The minimum Gasteiger partial charge on any atom is -0.373 e. The fraction of sp³-hybridized carbons (Fsp3) is 1.00. The Bertz CT molecular complexity index is 219. The predicted molar refractivity (Wildman–Crippen MR) is 82.5 cm³/mol. The standard InChI is InChI=1S/C15H30BrNO/c1-5-7-15(11-16,8-6-2)12-17-9-13(3)18-14(4)10-17/h13-14H,5-12H2,1-4H3/t13-,14+. The van der Waals surface area contributed by atoms with E-state index in [1.165, 1.54) is 32.2 Å². The maximum atomic E-state index is 5.83. The summed E-state index contributed by atoms with van der Waals surface area (Å²) in [5.41, 5.74) is 0.459. The van der Waals surface area contributed by atoms with Crippen LogP contribution in [0.2, 0.25) is 0 Å². The second-order valence-electron chi connectivity index (χ2n) is 6.09. The van der Waals surface area contributed by atoms with E-state index in [0.717, 1.165) is 18.4 Å². The molecule has 0 aromatic heterocycles. The van der Waals surface area contributed by atoms with E-state index in [1.54, 1.807) is 0 Å². The van der Waals surface area contributed by atoms with E-state index in [2.05, 4.69) is 48.5 Å². The Hall–Kier alpha value is 0.400.